The summed E-state index contributed by atoms with van der Waals surface area (Å²) in [6.45, 7) is 6.65. The van der Waals surface area contributed by atoms with Crippen LogP contribution >= 0.6 is 0 Å². The molecule has 0 bridgehead atoms. The molecule has 0 rings (SSSR count). The number of carbonyl (C=O) groups excluding carboxylic acids is 3. The predicted molar refractivity (Wildman–Crippen MR) is 363 cm³/mol. The normalized spacial score (nSPS) is 12.0. The lowest BCUT2D eigenvalue weighted by molar-refractivity contribution is -0.167. The van der Waals surface area contributed by atoms with Gasteiger partial charge in [-0.25, -0.2) is 0 Å². The van der Waals surface area contributed by atoms with Gasteiger partial charge in [0.2, 0.25) is 0 Å². The SMILES string of the molecule is CCCCCCCCCC/C=C\CCCCCCCCCCCCCCCCCCCCCCCC(=O)OCC(COC(=O)CCCCCCC)OC(=O)CCCCCCCCCCCCCCCCCCCCCCCCCCCCC. The Morgan fingerprint density at radius 1 is 0.229 bits per heavy atom. The summed E-state index contributed by atoms with van der Waals surface area (Å²) >= 11 is 0. The third-order valence-corrected chi connectivity index (χ3v) is 17.8. The van der Waals surface area contributed by atoms with Gasteiger partial charge in [-0.2, -0.15) is 0 Å². The van der Waals surface area contributed by atoms with Crippen LogP contribution in [0.5, 0.6) is 0 Å². The highest BCUT2D eigenvalue weighted by Crippen LogP contribution is 2.20. The Balaban J connectivity index is 3.85. The first-order chi connectivity index (χ1) is 41.0. The maximum Gasteiger partial charge on any atom is 0.306 e. The molecule has 0 saturated heterocycles. The van der Waals surface area contributed by atoms with Crippen molar-refractivity contribution in [2.24, 2.45) is 0 Å². The van der Waals surface area contributed by atoms with Gasteiger partial charge in [-0.05, 0) is 44.9 Å². The van der Waals surface area contributed by atoms with Gasteiger partial charge in [-0.15, -0.1) is 0 Å². The van der Waals surface area contributed by atoms with E-state index >= 15 is 0 Å². The molecule has 83 heavy (non-hydrogen) atoms. The Bertz CT molecular complexity index is 1300. The summed E-state index contributed by atoms with van der Waals surface area (Å²) in [5.41, 5.74) is 0. The zero-order valence-corrected chi connectivity index (χ0v) is 56.8. The average molecular weight is 1170 g/mol. The minimum absolute atomic E-state index is 0.0633. The predicted octanol–water partition coefficient (Wildman–Crippen LogP) is 26.3. The van der Waals surface area contributed by atoms with Crippen LogP contribution in [0.3, 0.4) is 0 Å². The molecular formula is C77H148O6. The van der Waals surface area contributed by atoms with E-state index in [9.17, 15) is 14.4 Å². The van der Waals surface area contributed by atoms with Gasteiger partial charge in [-0.1, -0.05) is 392 Å². The molecule has 1 unspecified atom stereocenters. The molecule has 492 valence electrons. The van der Waals surface area contributed by atoms with E-state index < -0.39 is 6.10 Å². The van der Waals surface area contributed by atoms with E-state index in [0.717, 1.165) is 64.2 Å². The monoisotopic (exact) mass is 1170 g/mol. The number of esters is 3. The van der Waals surface area contributed by atoms with Crippen molar-refractivity contribution in [2.45, 2.75) is 451 Å². The lowest BCUT2D eigenvalue weighted by Crippen LogP contribution is -2.30. The van der Waals surface area contributed by atoms with Gasteiger partial charge in [0.25, 0.3) is 0 Å². The molecule has 6 heteroatoms. The number of unbranched alkanes of at least 4 members (excludes halogenated alkanes) is 59. The zero-order chi connectivity index (χ0) is 59.9. The molecule has 1 atom stereocenters. The fourth-order valence-corrected chi connectivity index (χ4v) is 12.0. The number of carbonyl (C=O) groups is 3. The first-order valence-electron chi connectivity index (χ1n) is 38.2. The summed E-state index contributed by atoms with van der Waals surface area (Å²) in [7, 11) is 0. The largest absolute Gasteiger partial charge is 0.462 e. The summed E-state index contributed by atoms with van der Waals surface area (Å²) in [5.74, 6) is -0.843. The first-order valence-corrected chi connectivity index (χ1v) is 38.2. The molecule has 0 aromatic carbocycles. The van der Waals surface area contributed by atoms with Gasteiger partial charge in [0.1, 0.15) is 13.2 Å². The molecule has 0 N–H and O–H groups in total. The van der Waals surface area contributed by atoms with Gasteiger partial charge < -0.3 is 14.2 Å². The summed E-state index contributed by atoms with van der Waals surface area (Å²) in [4.78, 5) is 38.1. The van der Waals surface area contributed by atoms with E-state index in [1.165, 1.54) is 340 Å². The molecule has 0 amide bonds. The lowest BCUT2D eigenvalue weighted by Gasteiger charge is -2.18. The molecule has 6 nitrogen and oxygen atoms in total. The van der Waals surface area contributed by atoms with Crippen LogP contribution in [0.4, 0.5) is 0 Å². The van der Waals surface area contributed by atoms with Gasteiger partial charge in [0, 0.05) is 19.3 Å². The molecule has 0 fully saturated rings. The standard InChI is InChI=1S/C77H148O6/c1-4-7-10-13-15-17-19-21-23-25-27-29-31-33-35-36-37-38-39-40-42-43-45-47-49-51-53-55-57-59-61-64-67-70-76(79)82-73-74(72-81-75(78)69-66-63-12-9-6-3)83-77(80)71-68-65-62-60-58-56-54-52-50-48-46-44-41-34-32-30-28-26-24-22-20-18-16-14-11-8-5-2/h25,27,74H,4-24,26,28-73H2,1-3H3/b27-25-. The van der Waals surface area contributed by atoms with E-state index in [0.29, 0.717) is 19.3 Å². The Labute approximate surface area is 520 Å². The number of allylic oxidation sites excluding steroid dienone is 2. The number of hydrogen-bond donors (Lipinski definition) is 0. The molecule has 0 aromatic rings. The highest BCUT2D eigenvalue weighted by Gasteiger charge is 2.20. The van der Waals surface area contributed by atoms with Gasteiger partial charge in [0.05, 0.1) is 0 Å². The summed E-state index contributed by atoms with van der Waals surface area (Å²) in [5, 5.41) is 0. The fraction of sp³-hybridized carbons (Fsp3) is 0.935. The van der Waals surface area contributed by atoms with Crippen molar-refractivity contribution < 1.29 is 28.6 Å². The molecule has 0 spiro atoms. The van der Waals surface area contributed by atoms with Crippen molar-refractivity contribution in [3.63, 3.8) is 0 Å². The number of ether oxygens (including phenoxy) is 3. The lowest BCUT2D eigenvalue weighted by atomic mass is 10.0. The second kappa shape index (κ2) is 72.6. The summed E-state index contributed by atoms with van der Waals surface area (Å²) in [6.07, 6.45) is 89.1. The van der Waals surface area contributed by atoms with E-state index in [2.05, 4.69) is 32.9 Å². The van der Waals surface area contributed by atoms with E-state index in [-0.39, 0.29) is 31.1 Å². The van der Waals surface area contributed by atoms with Crippen molar-refractivity contribution >= 4 is 17.9 Å². The topological polar surface area (TPSA) is 78.9 Å². The second-order valence-electron chi connectivity index (χ2n) is 26.3. The maximum absolute atomic E-state index is 12.9. The van der Waals surface area contributed by atoms with Crippen LogP contribution < -0.4 is 0 Å². The Hall–Kier alpha value is -1.85. The Kier molecular flexibility index (Phi) is 71.0. The molecule has 0 aliphatic rings. The molecule has 0 saturated carbocycles. The molecule has 0 aromatic heterocycles. The number of hydrogen-bond acceptors (Lipinski definition) is 6. The zero-order valence-electron chi connectivity index (χ0n) is 56.8. The third kappa shape index (κ3) is 70.8. The van der Waals surface area contributed by atoms with Crippen LogP contribution in [0.25, 0.3) is 0 Å². The van der Waals surface area contributed by atoms with Crippen molar-refractivity contribution in [3.05, 3.63) is 12.2 Å². The molecule has 0 radical (unpaired) electrons. The first kappa shape index (κ1) is 81.2. The van der Waals surface area contributed by atoms with Gasteiger partial charge in [-0.3, -0.25) is 14.4 Å². The van der Waals surface area contributed by atoms with Crippen LogP contribution in [-0.4, -0.2) is 37.2 Å². The Morgan fingerprint density at radius 3 is 0.602 bits per heavy atom. The minimum Gasteiger partial charge on any atom is -0.462 e. The van der Waals surface area contributed by atoms with Gasteiger partial charge >= 0.3 is 17.9 Å². The van der Waals surface area contributed by atoms with Gasteiger partial charge in [0.15, 0.2) is 6.10 Å². The van der Waals surface area contributed by atoms with Crippen molar-refractivity contribution in [3.8, 4) is 0 Å². The fourth-order valence-electron chi connectivity index (χ4n) is 12.0. The second-order valence-corrected chi connectivity index (χ2v) is 26.3. The van der Waals surface area contributed by atoms with Crippen LogP contribution in [0.2, 0.25) is 0 Å². The van der Waals surface area contributed by atoms with Crippen LogP contribution in [0, 0.1) is 0 Å². The molecule has 0 aliphatic heterocycles. The van der Waals surface area contributed by atoms with Crippen molar-refractivity contribution in [1.29, 1.82) is 0 Å². The third-order valence-electron chi connectivity index (χ3n) is 17.8. The van der Waals surface area contributed by atoms with Crippen LogP contribution in [0.1, 0.15) is 445 Å². The molecular weight excluding hydrogens is 1020 g/mol. The minimum atomic E-state index is -0.763. The van der Waals surface area contributed by atoms with Crippen molar-refractivity contribution in [1.82, 2.24) is 0 Å². The smallest absolute Gasteiger partial charge is 0.306 e. The highest BCUT2D eigenvalue weighted by molar-refractivity contribution is 5.71. The molecule has 0 aliphatic carbocycles. The summed E-state index contributed by atoms with van der Waals surface area (Å²) < 4.78 is 16.9. The van der Waals surface area contributed by atoms with E-state index in [1.807, 2.05) is 0 Å². The quantitative estimate of drug-likeness (QED) is 0.0261. The van der Waals surface area contributed by atoms with Crippen molar-refractivity contribution in [2.75, 3.05) is 13.2 Å². The highest BCUT2D eigenvalue weighted by atomic mass is 16.6. The van der Waals surface area contributed by atoms with Crippen LogP contribution in [-0.2, 0) is 28.6 Å². The van der Waals surface area contributed by atoms with E-state index in [4.69, 9.17) is 14.2 Å². The Morgan fingerprint density at radius 2 is 0.398 bits per heavy atom. The maximum atomic E-state index is 12.9. The molecule has 0 heterocycles. The van der Waals surface area contributed by atoms with Crippen LogP contribution in [0.15, 0.2) is 12.2 Å². The van der Waals surface area contributed by atoms with E-state index in [1.54, 1.807) is 0 Å². The number of rotatable bonds is 72. The summed E-state index contributed by atoms with van der Waals surface area (Å²) in [6, 6.07) is 0. The average Bonchev–Trinajstić information content (AvgIpc) is 3.49.